The number of carbonyl (C=O) groups excluding carboxylic acids is 1. The number of nitrogens with zero attached hydrogens (tertiary/aromatic N) is 1. The Hall–Kier alpha value is -2.47. The van der Waals surface area contributed by atoms with Gasteiger partial charge in [0.05, 0.1) is 10.6 Å². The molecule has 0 saturated heterocycles. The SMILES string of the molecule is Nc1cccnc1NC(=O)c1cc2ccc(F)cc2s1. The number of nitrogens with one attached hydrogen (secondary N) is 1. The van der Waals surface area contributed by atoms with Crippen molar-refractivity contribution in [2.75, 3.05) is 11.1 Å². The Morgan fingerprint density at radius 1 is 1.30 bits per heavy atom. The van der Waals surface area contributed by atoms with Crippen molar-refractivity contribution in [2.24, 2.45) is 0 Å². The van der Waals surface area contributed by atoms with Crippen LogP contribution < -0.4 is 11.1 Å². The van der Waals surface area contributed by atoms with Gasteiger partial charge in [0.2, 0.25) is 0 Å². The lowest BCUT2D eigenvalue weighted by Crippen LogP contribution is -2.12. The quantitative estimate of drug-likeness (QED) is 0.760. The standard InChI is InChI=1S/C14H10FN3OS/c15-9-4-3-8-6-12(20-11(8)7-9)14(19)18-13-10(16)2-1-5-17-13/h1-7H,16H2,(H,17,18,19). The number of nitrogen functional groups attached to an aromatic ring is 1. The summed E-state index contributed by atoms with van der Waals surface area (Å²) in [5.41, 5.74) is 6.11. The van der Waals surface area contributed by atoms with Gasteiger partial charge in [0.25, 0.3) is 5.91 Å². The van der Waals surface area contributed by atoms with Crippen molar-refractivity contribution in [2.45, 2.75) is 0 Å². The largest absolute Gasteiger partial charge is 0.396 e. The van der Waals surface area contributed by atoms with Gasteiger partial charge in [-0.15, -0.1) is 11.3 Å². The van der Waals surface area contributed by atoms with Crippen molar-refractivity contribution in [1.82, 2.24) is 4.98 Å². The van der Waals surface area contributed by atoms with Crippen molar-refractivity contribution < 1.29 is 9.18 Å². The molecular weight excluding hydrogens is 277 g/mol. The van der Waals surface area contributed by atoms with Gasteiger partial charge < -0.3 is 11.1 Å². The minimum absolute atomic E-state index is 0.308. The average Bonchev–Trinajstić information content (AvgIpc) is 2.84. The molecule has 3 N–H and O–H groups in total. The highest BCUT2D eigenvalue weighted by Crippen LogP contribution is 2.27. The van der Waals surface area contributed by atoms with E-state index in [-0.39, 0.29) is 11.7 Å². The number of aromatic nitrogens is 1. The van der Waals surface area contributed by atoms with Crippen molar-refractivity contribution >= 4 is 38.8 Å². The average molecular weight is 287 g/mol. The highest BCUT2D eigenvalue weighted by Gasteiger charge is 2.12. The molecule has 3 rings (SSSR count). The van der Waals surface area contributed by atoms with Crippen LogP contribution in [0.2, 0.25) is 0 Å². The van der Waals surface area contributed by atoms with Crippen LogP contribution in [0.1, 0.15) is 9.67 Å². The maximum atomic E-state index is 13.1. The van der Waals surface area contributed by atoms with Crippen LogP contribution in [-0.4, -0.2) is 10.9 Å². The molecule has 0 atom stereocenters. The third-order valence-corrected chi connectivity index (χ3v) is 3.87. The molecule has 20 heavy (non-hydrogen) atoms. The van der Waals surface area contributed by atoms with Gasteiger partial charge >= 0.3 is 0 Å². The van der Waals surface area contributed by atoms with Crippen LogP contribution in [-0.2, 0) is 0 Å². The summed E-state index contributed by atoms with van der Waals surface area (Å²) in [6, 6.07) is 9.48. The molecule has 100 valence electrons. The number of nitrogens with two attached hydrogens (primary N) is 1. The molecule has 0 aliphatic heterocycles. The number of anilines is 2. The van der Waals surface area contributed by atoms with E-state index in [4.69, 9.17) is 5.73 Å². The Labute approximate surface area is 118 Å². The number of fused-ring (bicyclic) bond motifs is 1. The van der Waals surface area contributed by atoms with Crippen molar-refractivity contribution in [3.05, 3.63) is 53.3 Å². The molecule has 4 nitrogen and oxygen atoms in total. The van der Waals surface area contributed by atoms with Crippen LogP contribution >= 0.6 is 11.3 Å². The summed E-state index contributed by atoms with van der Waals surface area (Å²) in [5, 5.41) is 3.47. The van der Waals surface area contributed by atoms with E-state index in [1.54, 1.807) is 30.5 Å². The fourth-order valence-electron chi connectivity index (χ4n) is 1.81. The Morgan fingerprint density at radius 2 is 2.15 bits per heavy atom. The molecule has 6 heteroatoms. The summed E-state index contributed by atoms with van der Waals surface area (Å²) >= 11 is 1.22. The first-order valence-electron chi connectivity index (χ1n) is 5.84. The minimum atomic E-state index is -0.319. The number of halogens is 1. The van der Waals surface area contributed by atoms with E-state index in [0.717, 1.165) is 10.1 Å². The van der Waals surface area contributed by atoms with E-state index in [0.29, 0.717) is 16.4 Å². The number of hydrogen-bond donors (Lipinski definition) is 2. The number of pyridine rings is 1. The maximum Gasteiger partial charge on any atom is 0.266 e. The number of thiophene rings is 1. The van der Waals surface area contributed by atoms with E-state index in [9.17, 15) is 9.18 Å². The molecule has 0 radical (unpaired) electrons. The molecule has 3 aromatic rings. The molecule has 0 bridgehead atoms. The molecule has 0 unspecified atom stereocenters. The molecule has 0 saturated carbocycles. The fourth-order valence-corrected chi connectivity index (χ4v) is 2.79. The Balaban J connectivity index is 1.91. The summed E-state index contributed by atoms with van der Waals surface area (Å²) in [5.74, 6) is -0.307. The second-order valence-electron chi connectivity index (χ2n) is 4.19. The Morgan fingerprint density at radius 3 is 2.95 bits per heavy atom. The summed E-state index contributed by atoms with van der Waals surface area (Å²) < 4.78 is 13.9. The molecule has 0 spiro atoms. The van der Waals surface area contributed by atoms with Crippen LogP contribution in [0.15, 0.2) is 42.6 Å². The molecule has 2 aromatic heterocycles. The van der Waals surface area contributed by atoms with Crippen LogP contribution in [0.4, 0.5) is 15.9 Å². The lowest BCUT2D eigenvalue weighted by atomic mass is 10.2. The maximum absolute atomic E-state index is 13.1. The first-order chi connectivity index (χ1) is 9.63. The lowest BCUT2D eigenvalue weighted by molar-refractivity contribution is 0.103. The monoisotopic (exact) mass is 287 g/mol. The van der Waals surface area contributed by atoms with Gasteiger partial charge in [-0.1, -0.05) is 6.07 Å². The number of carbonyl (C=O) groups is 1. The highest BCUT2D eigenvalue weighted by molar-refractivity contribution is 7.20. The second kappa shape index (κ2) is 4.90. The van der Waals surface area contributed by atoms with E-state index in [1.165, 1.54) is 23.5 Å². The van der Waals surface area contributed by atoms with Crippen molar-refractivity contribution in [1.29, 1.82) is 0 Å². The smallest absolute Gasteiger partial charge is 0.266 e. The summed E-state index contributed by atoms with van der Waals surface area (Å²) in [6.45, 7) is 0. The molecule has 1 amide bonds. The summed E-state index contributed by atoms with van der Waals surface area (Å²) in [4.78, 5) is 16.6. The predicted octanol–water partition coefficient (Wildman–Crippen LogP) is 3.27. The zero-order valence-corrected chi connectivity index (χ0v) is 11.1. The first kappa shape index (κ1) is 12.6. The third kappa shape index (κ3) is 2.33. The van der Waals surface area contributed by atoms with E-state index in [1.807, 2.05) is 0 Å². The number of amides is 1. The second-order valence-corrected chi connectivity index (χ2v) is 5.27. The van der Waals surface area contributed by atoms with E-state index < -0.39 is 0 Å². The third-order valence-electron chi connectivity index (χ3n) is 2.78. The lowest BCUT2D eigenvalue weighted by Gasteiger charge is -2.04. The van der Waals surface area contributed by atoms with Crippen molar-refractivity contribution in [3.8, 4) is 0 Å². The number of rotatable bonds is 2. The molecular formula is C14H10FN3OS. The minimum Gasteiger partial charge on any atom is -0.396 e. The van der Waals surface area contributed by atoms with Gasteiger partial charge in [-0.2, -0.15) is 0 Å². The first-order valence-corrected chi connectivity index (χ1v) is 6.66. The number of benzene rings is 1. The van der Waals surface area contributed by atoms with Crippen LogP contribution in [0, 0.1) is 5.82 Å². The fraction of sp³-hybridized carbons (Fsp3) is 0. The van der Waals surface area contributed by atoms with Crippen LogP contribution in [0.25, 0.3) is 10.1 Å². The summed E-state index contributed by atoms with van der Waals surface area (Å²) in [7, 11) is 0. The van der Waals surface area contributed by atoms with Gasteiger partial charge in [0.1, 0.15) is 5.82 Å². The molecule has 0 aliphatic carbocycles. The molecule has 2 heterocycles. The van der Waals surface area contributed by atoms with Crippen LogP contribution in [0.3, 0.4) is 0 Å². The Bertz CT molecular complexity index is 800. The van der Waals surface area contributed by atoms with Gasteiger partial charge in [0.15, 0.2) is 5.82 Å². The van der Waals surface area contributed by atoms with E-state index >= 15 is 0 Å². The van der Waals surface area contributed by atoms with E-state index in [2.05, 4.69) is 10.3 Å². The summed E-state index contributed by atoms with van der Waals surface area (Å²) in [6.07, 6.45) is 1.55. The zero-order chi connectivity index (χ0) is 14.1. The Kier molecular flexibility index (Phi) is 3.08. The molecule has 1 aromatic carbocycles. The van der Waals surface area contributed by atoms with Gasteiger partial charge in [-0.3, -0.25) is 4.79 Å². The van der Waals surface area contributed by atoms with Gasteiger partial charge in [-0.25, -0.2) is 9.37 Å². The van der Waals surface area contributed by atoms with Crippen molar-refractivity contribution in [3.63, 3.8) is 0 Å². The van der Waals surface area contributed by atoms with Crippen LogP contribution in [0.5, 0.6) is 0 Å². The molecule has 0 aliphatic rings. The molecule has 0 fully saturated rings. The topological polar surface area (TPSA) is 68.0 Å². The number of hydrogen-bond acceptors (Lipinski definition) is 4. The highest BCUT2D eigenvalue weighted by atomic mass is 32.1. The van der Waals surface area contributed by atoms with Gasteiger partial charge in [0, 0.05) is 10.9 Å². The van der Waals surface area contributed by atoms with Gasteiger partial charge in [-0.05, 0) is 35.7 Å². The zero-order valence-electron chi connectivity index (χ0n) is 10.3. The normalized spacial score (nSPS) is 10.7. The predicted molar refractivity (Wildman–Crippen MR) is 78.4 cm³/mol.